The Kier molecular flexibility index (Phi) is 19.2. The molecule has 1 aromatic rings. The average molecular weight is 429 g/mol. The summed E-state index contributed by atoms with van der Waals surface area (Å²) >= 11 is 0. The van der Waals surface area contributed by atoms with Crippen LogP contribution < -0.4 is 4.74 Å². The van der Waals surface area contributed by atoms with Gasteiger partial charge in [-0.25, -0.2) is 0 Å². The van der Waals surface area contributed by atoms with Crippen molar-refractivity contribution in [1.29, 1.82) is 0 Å². The van der Waals surface area contributed by atoms with Gasteiger partial charge in [0.1, 0.15) is 5.75 Å². The van der Waals surface area contributed by atoms with Crippen molar-refractivity contribution in [3.63, 3.8) is 0 Å². The SMILES string of the molecule is CCCCCCCCCCCCCCCCCC/C=C/CCC(=O)Oc1ccccc1. The molecule has 0 unspecified atom stereocenters. The first-order valence-corrected chi connectivity index (χ1v) is 13.2. The van der Waals surface area contributed by atoms with Gasteiger partial charge >= 0.3 is 5.97 Å². The molecule has 31 heavy (non-hydrogen) atoms. The molecule has 2 nitrogen and oxygen atoms in total. The Morgan fingerprint density at radius 1 is 0.645 bits per heavy atom. The number of allylic oxidation sites excluding steroid dienone is 2. The van der Waals surface area contributed by atoms with Crippen LogP contribution in [0.2, 0.25) is 0 Å². The van der Waals surface area contributed by atoms with E-state index in [0.29, 0.717) is 12.2 Å². The second-order valence-electron chi connectivity index (χ2n) is 8.89. The third-order valence-corrected chi connectivity index (χ3v) is 5.88. The van der Waals surface area contributed by atoms with E-state index in [-0.39, 0.29) is 5.97 Å². The van der Waals surface area contributed by atoms with Gasteiger partial charge in [0, 0.05) is 6.42 Å². The highest BCUT2D eigenvalue weighted by atomic mass is 16.5. The van der Waals surface area contributed by atoms with Gasteiger partial charge in [-0.2, -0.15) is 0 Å². The number of benzene rings is 1. The van der Waals surface area contributed by atoms with Crippen molar-refractivity contribution in [1.82, 2.24) is 0 Å². The van der Waals surface area contributed by atoms with Crippen LogP contribution in [0.3, 0.4) is 0 Å². The van der Waals surface area contributed by atoms with Crippen LogP contribution in [0.4, 0.5) is 0 Å². The molecule has 0 saturated heterocycles. The van der Waals surface area contributed by atoms with Crippen LogP contribution in [0, 0.1) is 0 Å². The molecule has 0 aromatic heterocycles. The zero-order valence-corrected chi connectivity index (χ0v) is 20.3. The molecule has 0 radical (unpaired) electrons. The van der Waals surface area contributed by atoms with E-state index >= 15 is 0 Å². The molecule has 0 aliphatic heterocycles. The lowest BCUT2D eigenvalue weighted by atomic mass is 10.0. The fourth-order valence-corrected chi connectivity index (χ4v) is 3.92. The summed E-state index contributed by atoms with van der Waals surface area (Å²) in [6.07, 6.45) is 29.3. The molecule has 1 rings (SSSR count). The Balaban J connectivity index is 1.76. The van der Waals surface area contributed by atoms with Gasteiger partial charge in [-0.3, -0.25) is 4.79 Å². The van der Waals surface area contributed by atoms with Crippen LogP contribution in [0.5, 0.6) is 5.75 Å². The predicted octanol–water partition coefficient (Wildman–Crippen LogP) is 9.58. The van der Waals surface area contributed by atoms with E-state index in [1.807, 2.05) is 30.3 Å². The van der Waals surface area contributed by atoms with Crippen molar-refractivity contribution in [2.45, 2.75) is 129 Å². The summed E-state index contributed by atoms with van der Waals surface area (Å²) < 4.78 is 5.28. The van der Waals surface area contributed by atoms with E-state index in [1.54, 1.807) is 0 Å². The van der Waals surface area contributed by atoms with E-state index < -0.39 is 0 Å². The average Bonchev–Trinajstić information content (AvgIpc) is 2.78. The summed E-state index contributed by atoms with van der Waals surface area (Å²) in [5.74, 6) is 0.475. The first-order chi connectivity index (χ1) is 15.3. The molecule has 0 fully saturated rings. The van der Waals surface area contributed by atoms with Crippen LogP contribution in [-0.4, -0.2) is 5.97 Å². The lowest BCUT2D eigenvalue weighted by Gasteiger charge is -2.03. The number of rotatable bonds is 21. The number of hydrogen-bond acceptors (Lipinski definition) is 2. The van der Waals surface area contributed by atoms with Crippen molar-refractivity contribution in [3.05, 3.63) is 42.5 Å². The number of unbranched alkanes of at least 4 members (excludes halogenated alkanes) is 16. The first-order valence-electron chi connectivity index (χ1n) is 13.2. The maximum Gasteiger partial charge on any atom is 0.311 e. The van der Waals surface area contributed by atoms with E-state index in [4.69, 9.17) is 4.74 Å². The van der Waals surface area contributed by atoms with Gasteiger partial charge in [-0.05, 0) is 31.4 Å². The molecule has 0 heterocycles. The van der Waals surface area contributed by atoms with Crippen molar-refractivity contribution >= 4 is 5.97 Å². The molecule has 2 heteroatoms. The van der Waals surface area contributed by atoms with Crippen LogP contribution in [0.15, 0.2) is 42.5 Å². The predicted molar refractivity (Wildman–Crippen MR) is 135 cm³/mol. The molecule has 0 atom stereocenters. The third kappa shape index (κ3) is 18.9. The Morgan fingerprint density at radius 2 is 1.10 bits per heavy atom. The summed E-state index contributed by atoms with van der Waals surface area (Å²) in [4.78, 5) is 11.7. The molecule has 1 aromatic carbocycles. The van der Waals surface area contributed by atoms with E-state index in [0.717, 1.165) is 12.8 Å². The minimum atomic E-state index is -0.154. The minimum absolute atomic E-state index is 0.154. The fraction of sp³-hybridized carbons (Fsp3) is 0.690. The molecular formula is C29H48O2. The van der Waals surface area contributed by atoms with Crippen LogP contribution in [0.25, 0.3) is 0 Å². The number of hydrogen-bond donors (Lipinski definition) is 0. The number of esters is 1. The minimum Gasteiger partial charge on any atom is -0.427 e. The highest BCUT2D eigenvalue weighted by Crippen LogP contribution is 2.14. The fourth-order valence-electron chi connectivity index (χ4n) is 3.92. The van der Waals surface area contributed by atoms with Gasteiger partial charge in [0.15, 0.2) is 0 Å². The highest BCUT2D eigenvalue weighted by Gasteiger charge is 2.02. The number of ether oxygens (including phenoxy) is 1. The van der Waals surface area contributed by atoms with Gasteiger partial charge in [0.2, 0.25) is 0 Å². The molecule has 0 N–H and O–H groups in total. The molecule has 176 valence electrons. The molecule has 0 spiro atoms. The van der Waals surface area contributed by atoms with Crippen LogP contribution in [-0.2, 0) is 4.79 Å². The number of para-hydroxylation sites is 1. The molecule has 0 aliphatic carbocycles. The standard InChI is InChI=1S/C29H48O2/c1-2-3-4-5-6-7-8-9-10-11-12-13-14-15-16-17-18-19-20-24-27-29(30)31-28-25-22-21-23-26-28/h19-23,25-26H,2-18,24,27H2,1H3/b20-19+. The zero-order valence-electron chi connectivity index (χ0n) is 20.3. The smallest absolute Gasteiger partial charge is 0.311 e. The Bertz CT molecular complexity index is 535. The van der Waals surface area contributed by atoms with Gasteiger partial charge in [0.05, 0.1) is 0 Å². The second-order valence-corrected chi connectivity index (χ2v) is 8.89. The zero-order chi connectivity index (χ0) is 22.2. The van der Waals surface area contributed by atoms with Crippen molar-refractivity contribution < 1.29 is 9.53 Å². The Morgan fingerprint density at radius 3 is 1.61 bits per heavy atom. The lowest BCUT2D eigenvalue weighted by molar-refractivity contribution is -0.134. The van der Waals surface area contributed by atoms with Gasteiger partial charge in [-0.1, -0.05) is 134 Å². The first kappa shape index (κ1) is 27.5. The van der Waals surface area contributed by atoms with Crippen molar-refractivity contribution in [2.24, 2.45) is 0 Å². The van der Waals surface area contributed by atoms with E-state index in [1.165, 1.54) is 103 Å². The number of carbonyl (C=O) groups excluding carboxylic acids is 1. The second kappa shape index (κ2) is 21.7. The topological polar surface area (TPSA) is 26.3 Å². The molecule has 0 saturated carbocycles. The molecular weight excluding hydrogens is 380 g/mol. The molecule has 0 aliphatic rings. The molecule has 0 amide bonds. The largest absolute Gasteiger partial charge is 0.427 e. The van der Waals surface area contributed by atoms with Gasteiger partial charge in [-0.15, -0.1) is 0 Å². The van der Waals surface area contributed by atoms with Crippen molar-refractivity contribution in [3.8, 4) is 5.75 Å². The molecule has 0 bridgehead atoms. The maximum atomic E-state index is 11.7. The van der Waals surface area contributed by atoms with Crippen molar-refractivity contribution in [2.75, 3.05) is 0 Å². The highest BCUT2D eigenvalue weighted by molar-refractivity contribution is 5.72. The summed E-state index contributed by atoms with van der Waals surface area (Å²) in [7, 11) is 0. The summed E-state index contributed by atoms with van der Waals surface area (Å²) in [5, 5.41) is 0. The Labute approximate surface area is 192 Å². The third-order valence-electron chi connectivity index (χ3n) is 5.88. The normalized spacial score (nSPS) is 11.3. The van der Waals surface area contributed by atoms with Crippen LogP contribution in [0.1, 0.15) is 129 Å². The summed E-state index contributed by atoms with van der Waals surface area (Å²) in [5.41, 5.74) is 0. The Hall–Kier alpha value is -1.57. The maximum absolute atomic E-state index is 11.7. The monoisotopic (exact) mass is 428 g/mol. The van der Waals surface area contributed by atoms with Crippen LogP contribution >= 0.6 is 0 Å². The van der Waals surface area contributed by atoms with Gasteiger partial charge in [0.25, 0.3) is 0 Å². The van der Waals surface area contributed by atoms with E-state index in [9.17, 15) is 4.79 Å². The lowest BCUT2D eigenvalue weighted by Crippen LogP contribution is -2.06. The quantitative estimate of drug-likeness (QED) is 0.0843. The number of carbonyl (C=O) groups is 1. The van der Waals surface area contributed by atoms with E-state index in [2.05, 4.69) is 19.1 Å². The summed E-state index contributed by atoms with van der Waals surface area (Å²) in [6.45, 7) is 2.29. The summed E-state index contributed by atoms with van der Waals surface area (Å²) in [6, 6.07) is 9.29. The van der Waals surface area contributed by atoms with Gasteiger partial charge < -0.3 is 4.74 Å².